The first-order chi connectivity index (χ1) is 11.3. The number of hydrogen-bond acceptors (Lipinski definition) is 5. The molecule has 1 aromatic rings. The van der Waals surface area contributed by atoms with E-state index in [9.17, 15) is 4.79 Å². The van der Waals surface area contributed by atoms with Crippen molar-refractivity contribution in [2.24, 2.45) is 10.7 Å². The molecule has 4 N–H and O–H groups in total. The van der Waals surface area contributed by atoms with Gasteiger partial charge in [-0.2, -0.15) is 0 Å². The van der Waals surface area contributed by atoms with Crippen molar-refractivity contribution in [3.8, 4) is 0 Å². The zero-order valence-corrected chi connectivity index (χ0v) is 14.8. The number of amidine groups is 1. The van der Waals surface area contributed by atoms with Gasteiger partial charge in [0, 0.05) is 37.5 Å². The molecule has 0 fully saturated rings. The van der Waals surface area contributed by atoms with E-state index in [1.165, 1.54) is 0 Å². The van der Waals surface area contributed by atoms with Crippen molar-refractivity contribution in [2.75, 3.05) is 25.5 Å². The minimum absolute atomic E-state index is 0.411. The van der Waals surface area contributed by atoms with Crippen molar-refractivity contribution in [2.45, 2.75) is 32.8 Å². The molecule has 0 aromatic carbocycles. The fraction of sp³-hybridized carbons (Fsp3) is 0.471. The Kier molecular flexibility index (Phi) is 7.23. The van der Waals surface area contributed by atoms with Gasteiger partial charge in [-0.3, -0.25) is 9.98 Å². The Hall–Kier alpha value is -2.57. The fourth-order valence-corrected chi connectivity index (χ4v) is 1.97. The maximum atomic E-state index is 11.5. The lowest BCUT2D eigenvalue weighted by Gasteiger charge is -2.19. The Morgan fingerprint density at radius 2 is 2.17 bits per heavy atom. The predicted molar refractivity (Wildman–Crippen MR) is 98.3 cm³/mol. The van der Waals surface area contributed by atoms with Crippen LogP contribution in [0.15, 0.2) is 24.0 Å². The maximum Gasteiger partial charge on any atom is 0.407 e. The molecular formula is C17H27N5O2. The zero-order chi connectivity index (χ0) is 18.2. The third kappa shape index (κ3) is 6.28. The standard InChI is InChI=1S/C17H27N5O2/c1-6-12-10-20-11-13(19-5)14(12)15(18)21-8-7-9-22-16(23)24-17(2,3)4/h6,10-11,19H,1,7-9H2,2-5H3,(H2,18,21)(H,22,23). The minimum atomic E-state index is -0.501. The van der Waals surface area contributed by atoms with Crippen molar-refractivity contribution in [3.63, 3.8) is 0 Å². The topological polar surface area (TPSA) is 102 Å². The quantitative estimate of drug-likeness (QED) is 0.404. The van der Waals surface area contributed by atoms with Crippen LogP contribution < -0.4 is 16.4 Å². The number of hydrogen-bond donors (Lipinski definition) is 3. The highest BCUT2D eigenvalue weighted by molar-refractivity contribution is 6.05. The summed E-state index contributed by atoms with van der Waals surface area (Å²) in [7, 11) is 1.80. The van der Waals surface area contributed by atoms with Crippen LogP contribution in [0.5, 0.6) is 0 Å². The number of aliphatic imine (C=N–C) groups is 1. The fourth-order valence-electron chi connectivity index (χ4n) is 1.97. The Morgan fingerprint density at radius 1 is 1.46 bits per heavy atom. The van der Waals surface area contributed by atoms with Crippen molar-refractivity contribution >= 4 is 23.7 Å². The first kappa shape index (κ1) is 19.5. The van der Waals surface area contributed by atoms with Gasteiger partial charge in [0.05, 0.1) is 11.9 Å². The van der Waals surface area contributed by atoms with Gasteiger partial charge in [-0.25, -0.2) is 4.79 Å². The molecule has 0 saturated carbocycles. The summed E-state index contributed by atoms with van der Waals surface area (Å²) in [5, 5.41) is 5.73. The number of rotatable bonds is 7. The lowest BCUT2D eigenvalue weighted by atomic mass is 10.1. The van der Waals surface area contributed by atoms with Crippen LogP contribution in [0.2, 0.25) is 0 Å². The van der Waals surface area contributed by atoms with E-state index in [-0.39, 0.29) is 0 Å². The molecule has 1 aromatic heterocycles. The molecule has 0 aliphatic heterocycles. The number of amides is 1. The first-order valence-electron chi connectivity index (χ1n) is 7.84. The molecular weight excluding hydrogens is 306 g/mol. The van der Waals surface area contributed by atoms with Gasteiger partial charge in [0.2, 0.25) is 0 Å². The number of nitrogens with two attached hydrogens (primary N) is 1. The van der Waals surface area contributed by atoms with Gasteiger partial charge in [-0.05, 0) is 27.2 Å². The van der Waals surface area contributed by atoms with E-state index in [4.69, 9.17) is 10.5 Å². The summed E-state index contributed by atoms with van der Waals surface area (Å²) >= 11 is 0. The van der Waals surface area contributed by atoms with Crippen molar-refractivity contribution in [3.05, 3.63) is 30.1 Å². The monoisotopic (exact) mass is 333 g/mol. The van der Waals surface area contributed by atoms with E-state index in [0.29, 0.717) is 25.3 Å². The van der Waals surface area contributed by atoms with Crippen molar-refractivity contribution in [1.82, 2.24) is 10.3 Å². The predicted octanol–water partition coefficient (Wildman–Crippen LogP) is 2.39. The first-order valence-corrected chi connectivity index (χ1v) is 7.84. The lowest BCUT2D eigenvalue weighted by molar-refractivity contribution is 0.0527. The molecule has 0 aliphatic carbocycles. The molecule has 7 heteroatoms. The average Bonchev–Trinajstić information content (AvgIpc) is 2.51. The van der Waals surface area contributed by atoms with Gasteiger partial charge in [0.15, 0.2) is 0 Å². The Balaban J connectivity index is 2.57. The average molecular weight is 333 g/mol. The molecule has 24 heavy (non-hydrogen) atoms. The Bertz CT molecular complexity index is 605. The maximum absolute atomic E-state index is 11.5. The van der Waals surface area contributed by atoms with E-state index in [1.807, 2.05) is 20.8 Å². The summed E-state index contributed by atoms with van der Waals surface area (Å²) in [6.07, 6.45) is 5.29. The van der Waals surface area contributed by atoms with Gasteiger partial charge in [0.25, 0.3) is 0 Å². The van der Waals surface area contributed by atoms with Crippen LogP contribution in [-0.4, -0.2) is 42.7 Å². The number of pyridine rings is 1. The molecule has 1 amide bonds. The van der Waals surface area contributed by atoms with E-state index in [2.05, 4.69) is 27.2 Å². The van der Waals surface area contributed by atoms with Crippen molar-refractivity contribution in [1.29, 1.82) is 0 Å². The highest BCUT2D eigenvalue weighted by Crippen LogP contribution is 2.18. The molecule has 0 bridgehead atoms. The zero-order valence-electron chi connectivity index (χ0n) is 14.8. The van der Waals surface area contributed by atoms with Crippen LogP contribution in [0.25, 0.3) is 6.08 Å². The number of carbonyl (C=O) groups excluding carboxylic acids is 1. The van der Waals surface area contributed by atoms with Gasteiger partial charge < -0.3 is 21.1 Å². The lowest BCUT2D eigenvalue weighted by Crippen LogP contribution is -2.33. The van der Waals surface area contributed by atoms with Crippen LogP contribution >= 0.6 is 0 Å². The molecule has 0 atom stereocenters. The second kappa shape index (κ2) is 8.90. The van der Waals surface area contributed by atoms with Crippen LogP contribution in [0.4, 0.5) is 10.5 Å². The van der Waals surface area contributed by atoms with E-state index >= 15 is 0 Å². The summed E-state index contributed by atoms with van der Waals surface area (Å²) in [4.78, 5) is 20.0. The third-order valence-corrected chi connectivity index (χ3v) is 3.01. The molecule has 0 saturated heterocycles. The van der Waals surface area contributed by atoms with Crippen LogP contribution in [0.3, 0.4) is 0 Å². The molecule has 1 rings (SSSR count). The number of alkyl carbamates (subject to hydrolysis) is 1. The summed E-state index contributed by atoms with van der Waals surface area (Å²) in [6, 6.07) is 0. The highest BCUT2D eigenvalue weighted by Gasteiger charge is 2.15. The molecule has 132 valence electrons. The summed E-state index contributed by atoms with van der Waals surface area (Å²) in [5.74, 6) is 0.411. The Morgan fingerprint density at radius 3 is 2.75 bits per heavy atom. The number of carbonyl (C=O) groups is 1. The second-order valence-corrected chi connectivity index (χ2v) is 6.15. The van der Waals surface area contributed by atoms with Gasteiger partial charge >= 0.3 is 6.09 Å². The van der Waals surface area contributed by atoms with Crippen LogP contribution in [-0.2, 0) is 4.74 Å². The molecule has 0 spiro atoms. The number of nitrogens with one attached hydrogen (secondary N) is 2. The Labute approximate surface area is 143 Å². The minimum Gasteiger partial charge on any atom is -0.444 e. The highest BCUT2D eigenvalue weighted by atomic mass is 16.6. The number of aromatic nitrogens is 1. The summed E-state index contributed by atoms with van der Waals surface area (Å²) in [5.41, 5.74) is 7.98. The smallest absolute Gasteiger partial charge is 0.407 e. The van der Waals surface area contributed by atoms with Gasteiger partial charge in [-0.1, -0.05) is 12.7 Å². The van der Waals surface area contributed by atoms with Crippen molar-refractivity contribution < 1.29 is 9.53 Å². The van der Waals surface area contributed by atoms with E-state index in [0.717, 1.165) is 16.8 Å². The second-order valence-electron chi connectivity index (χ2n) is 6.15. The van der Waals surface area contributed by atoms with Gasteiger partial charge in [-0.15, -0.1) is 0 Å². The molecule has 0 unspecified atom stereocenters. The van der Waals surface area contributed by atoms with E-state index < -0.39 is 11.7 Å². The largest absolute Gasteiger partial charge is 0.444 e. The molecule has 1 heterocycles. The summed E-state index contributed by atoms with van der Waals surface area (Å²) < 4.78 is 5.16. The number of anilines is 1. The normalized spacial score (nSPS) is 11.8. The SMILES string of the molecule is C=Cc1cncc(NC)c1C(N)=NCCCNC(=O)OC(C)(C)C. The molecule has 0 aliphatic rings. The van der Waals surface area contributed by atoms with Crippen LogP contribution in [0.1, 0.15) is 38.3 Å². The van der Waals surface area contributed by atoms with Crippen LogP contribution in [0, 0.1) is 0 Å². The van der Waals surface area contributed by atoms with Gasteiger partial charge in [0.1, 0.15) is 11.4 Å². The number of nitrogens with zero attached hydrogens (tertiary/aromatic N) is 2. The third-order valence-electron chi connectivity index (χ3n) is 3.01. The van der Waals surface area contributed by atoms with E-state index in [1.54, 1.807) is 25.5 Å². The summed E-state index contributed by atoms with van der Waals surface area (Å²) in [6.45, 7) is 10.2. The number of ether oxygens (including phenoxy) is 1. The molecule has 0 radical (unpaired) electrons. The molecule has 7 nitrogen and oxygen atoms in total.